The zero-order chi connectivity index (χ0) is 27.6. The highest BCUT2D eigenvalue weighted by Crippen LogP contribution is 2.44. The number of hydrogen-bond acceptors (Lipinski definition) is 6. The number of benzene rings is 2. The van der Waals surface area contributed by atoms with E-state index in [0.717, 1.165) is 19.2 Å². The van der Waals surface area contributed by atoms with Crippen molar-refractivity contribution in [3.05, 3.63) is 70.0 Å². The van der Waals surface area contributed by atoms with Crippen molar-refractivity contribution in [3.63, 3.8) is 0 Å². The molecule has 0 amide bonds. The van der Waals surface area contributed by atoms with Crippen molar-refractivity contribution in [2.45, 2.75) is 42.5 Å². The summed E-state index contributed by atoms with van der Waals surface area (Å²) in [6.45, 7) is 3.22. The van der Waals surface area contributed by atoms with E-state index in [9.17, 15) is 22.8 Å². The molecule has 0 aliphatic heterocycles. The molecule has 0 aliphatic carbocycles. The lowest BCUT2D eigenvalue weighted by molar-refractivity contribution is -0.278. The topological polar surface area (TPSA) is 86.9 Å². The number of methoxy groups -OCH3 is 3. The predicted molar refractivity (Wildman–Crippen MR) is 135 cm³/mol. The Morgan fingerprint density at radius 3 is 2.16 bits per heavy atom. The number of alkyl halides is 4. The Balaban J connectivity index is 2.11. The minimum Gasteiger partial charge on any atom is -0.496 e. The van der Waals surface area contributed by atoms with Gasteiger partial charge in [0.2, 0.25) is 0 Å². The van der Waals surface area contributed by atoms with E-state index in [1.165, 1.54) is 32.4 Å². The third kappa shape index (κ3) is 5.33. The summed E-state index contributed by atoms with van der Waals surface area (Å²) in [5, 5.41) is 0.514. The summed E-state index contributed by atoms with van der Waals surface area (Å²) < 4.78 is 63.3. The maximum Gasteiger partial charge on any atom is 0.432 e. The zero-order valence-electron chi connectivity index (χ0n) is 20.9. The number of esters is 1. The van der Waals surface area contributed by atoms with E-state index in [1.54, 1.807) is 32.0 Å². The number of halogens is 4. The van der Waals surface area contributed by atoms with Crippen molar-refractivity contribution in [2.24, 2.45) is 0 Å². The minimum atomic E-state index is -5.14. The van der Waals surface area contributed by atoms with Crippen LogP contribution in [-0.4, -0.2) is 48.9 Å². The second kappa shape index (κ2) is 10.7. The van der Waals surface area contributed by atoms with Gasteiger partial charge in [-0.25, -0.2) is 4.79 Å². The minimum absolute atomic E-state index is 0.0864. The lowest BCUT2D eigenvalue weighted by Gasteiger charge is -2.36. The Morgan fingerprint density at radius 2 is 1.65 bits per heavy atom. The quantitative estimate of drug-likeness (QED) is 0.272. The van der Waals surface area contributed by atoms with E-state index in [1.807, 2.05) is 0 Å². The Kier molecular flexibility index (Phi) is 8.28. The molecule has 3 aromatic rings. The van der Waals surface area contributed by atoms with E-state index in [-0.39, 0.29) is 17.7 Å². The zero-order valence-corrected chi connectivity index (χ0v) is 22.5. The lowest BCUT2D eigenvalue weighted by Crippen LogP contribution is -2.54. The molecule has 11 heteroatoms. The van der Waals surface area contributed by atoms with Crippen molar-refractivity contribution in [1.82, 2.24) is 4.98 Å². The molecule has 3 rings (SSSR count). The maximum atomic E-state index is 14.4. The average Bonchev–Trinajstić information content (AvgIpc) is 2.83. The molecule has 1 N–H and O–H groups in total. The van der Waals surface area contributed by atoms with Crippen LogP contribution >= 0.6 is 15.9 Å². The number of ether oxygens (including phenoxy) is 4. The molecule has 0 bridgehead atoms. The highest BCUT2D eigenvalue weighted by molar-refractivity contribution is 9.10. The Morgan fingerprint density at radius 1 is 1.00 bits per heavy atom. The number of hydrogen-bond donors (Lipinski definition) is 1. The highest BCUT2D eigenvalue weighted by Gasteiger charge is 2.64. The number of aromatic nitrogens is 1. The smallest absolute Gasteiger partial charge is 0.432 e. The van der Waals surface area contributed by atoms with Crippen molar-refractivity contribution < 1.29 is 36.9 Å². The van der Waals surface area contributed by atoms with Crippen LogP contribution < -0.4 is 15.0 Å². The van der Waals surface area contributed by atoms with Gasteiger partial charge in [-0.2, -0.15) is 13.2 Å². The highest BCUT2D eigenvalue weighted by atomic mass is 79.9. The van der Waals surface area contributed by atoms with Crippen molar-refractivity contribution in [2.75, 3.05) is 21.3 Å². The van der Waals surface area contributed by atoms with Crippen LogP contribution in [0.4, 0.5) is 13.2 Å². The van der Waals surface area contributed by atoms with Gasteiger partial charge in [0.15, 0.2) is 0 Å². The molecule has 2 aromatic carbocycles. The standard InChI is InChI=1S/C26H27BrF3NO6/c1-24(2,27)19(37-23(33)25(36-5,26(28,29)30)15-10-7-6-8-11-15)14-17-21(35-4)16-12-9-13-18(34-3)20(16)31-22(17)32/h6-13,19H,14H2,1-5H3,(H,31,32)/t19-,25+/m0/s1. The maximum absolute atomic E-state index is 14.4. The average molecular weight is 586 g/mol. The molecule has 2 atom stereocenters. The fraction of sp³-hybridized carbons (Fsp3) is 0.385. The first kappa shape index (κ1) is 28.5. The molecule has 0 aliphatic rings. The van der Waals surface area contributed by atoms with Gasteiger partial charge in [0.1, 0.15) is 17.6 Å². The van der Waals surface area contributed by atoms with Crippen LogP contribution in [-0.2, 0) is 26.3 Å². The Hall–Kier alpha value is -3.05. The first-order chi connectivity index (χ1) is 17.3. The van der Waals surface area contributed by atoms with Gasteiger partial charge in [-0.05, 0) is 26.0 Å². The van der Waals surface area contributed by atoms with E-state index >= 15 is 0 Å². The third-order valence-electron chi connectivity index (χ3n) is 6.06. The molecule has 7 nitrogen and oxygen atoms in total. The van der Waals surface area contributed by atoms with E-state index in [2.05, 4.69) is 20.9 Å². The van der Waals surface area contributed by atoms with E-state index in [0.29, 0.717) is 16.7 Å². The molecule has 1 heterocycles. The van der Waals surface area contributed by atoms with Crippen LogP contribution in [0.15, 0.2) is 53.3 Å². The van der Waals surface area contributed by atoms with Crippen LogP contribution in [0.3, 0.4) is 0 Å². The largest absolute Gasteiger partial charge is 0.496 e. The van der Waals surface area contributed by atoms with Crippen LogP contribution in [0, 0.1) is 0 Å². The van der Waals surface area contributed by atoms with Gasteiger partial charge in [-0.3, -0.25) is 4.79 Å². The Bertz CT molecular complexity index is 1320. The van der Waals surface area contributed by atoms with Crippen molar-refractivity contribution in [1.29, 1.82) is 0 Å². The summed E-state index contributed by atoms with van der Waals surface area (Å²) in [6, 6.07) is 11.6. The van der Waals surface area contributed by atoms with E-state index in [4.69, 9.17) is 18.9 Å². The molecule has 200 valence electrons. The number of rotatable bonds is 9. The lowest BCUT2D eigenvalue weighted by atomic mass is 9.92. The molecular weight excluding hydrogens is 559 g/mol. The summed E-state index contributed by atoms with van der Waals surface area (Å²) in [4.78, 5) is 29.1. The fourth-order valence-corrected chi connectivity index (χ4v) is 4.36. The van der Waals surface area contributed by atoms with Gasteiger partial charge in [0.05, 0.1) is 29.6 Å². The molecule has 0 unspecified atom stereocenters. The number of carbonyl (C=O) groups excluding carboxylic acids is 1. The van der Waals surface area contributed by atoms with Crippen molar-refractivity contribution in [3.8, 4) is 11.5 Å². The summed E-state index contributed by atoms with van der Waals surface area (Å²) >= 11 is 3.40. The number of pyridine rings is 1. The summed E-state index contributed by atoms with van der Waals surface area (Å²) in [5.74, 6) is -1.07. The third-order valence-corrected chi connectivity index (χ3v) is 6.57. The van der Waals surface area contributed by atoms with Crippen LogP contribution in [0.25, 0.3) is 10.9 Å². The molecule has 0 fully saturated rings. The molecule has 0 radical (unpaired) electrons. The summed E-state index contributed by atoms with van der Waals surface area (Å²) in [5.41, 5.74) is -3.90. The number of H-pyrrole nitrogens is 1. The van der Waals surface area contributed by atoms with Crippen LogP contribution in [0.2, 0.25) is 0 Å². The molecule has 37 heavy (non-hydrogen) atoms. The van der Waals surface area contributed by atoms with Gasteiger partial charge in [0, 0.05) is 24.5 Å². The molecule has 0 saturated heterocycles. The normalized spacial score (nSPS) is 14.6. The molecule has 0 saturated carbocycles. The van der Waals surface area contributed by atoms with Crippen molar-refractivity contribution >= 4 is 32.8 Å². The SMILES string of the molecule is COc1c(C[C@H](OC(=O)[C@](OC)(c2ccccc2)C(F)(F)F)C(C)(C)Br)c(=O)[nH]c2c(OC)cccc12. The monoisotopic (exact) mass is 585 g/mol. The Labute approximate surface area is 220 Å². The van der Waals surface area contributed by atoms with Gasteiger partial charge in [-0.15, -0.1) is 0 Å². The van der Waals surface area contributed by atoms with Gasteiger partial charge < -0.3 is 23.9 Å². The van der Waals surface area contributed by atoms with Gasteiger partial charge in [-0.1, -0.05) is 52.3 Å². The molecular formula is C26H27BrF3NO6. The number of fused-ring (bicyclic) bond motifs is 1. The van der Waals surface area contributed by atoms with Crippen LogP contribution in [0.1, 0.15) is 25.0 Å². The number of nitrogens with one attached hydrogen (secondary N) is 1. The van der Waals surface area contributed by atoms with Crippen LogP contribution in [0.5, 0.6) is 11.5 Å². The summed E-state index contributed by atoms with van der Waals surface area (Å²) in [7, 11) is 3.61. The molecule has 1 aromatic heterocycles. The van der Waals surface area contributed by atoms with Gasteiger partial charge >= 0.3 is 12.1 Å². The first-order valence-corrected chi connectivity index (χ1v) is 11.9. The molecule has 0 spiro atoms. The second-order valence-electron chi connectivity index (χ2n) is 8.76. The second-order valence-corrected chi connectivity index (χ2v) is 10.8. The van der Waals surface area contributed by atoms with E-state index < -0.39 is 39.3 Å². The summed E-state index contributed by atoms with van der Waals surface area (Å²) in [6.07, 6.45) is -6.64. The fourth-order valence-electron chi connectivity index (χ4n) is 4.10. The number of para-hydroxylation sites is 1. The first-order valence-electron chi connectivity index (χ1n) is 11.1. The number of carbonyl (C=O) groups is 1. The van der Waals surface area contributed by atoms with Gasteiger partial charge in [0.25, 0.3) is 11.2 Å². The predicted octanol–water partition coefficient (Wildman–Crippen LogP) is 5.28. The number of aromatic amines is 1.